The Labute approximate surface area is 168 Å². The van der Waals surface area contributed by atoms with Crippen LogP contribution in [0.4, 0.5) is 0 Å². The van der Waals surface area contributed by atoms with Gasteiger partial charge < -0.3 is 9.73 Å². The number of fused-ring (bicyclic) bond motifs is 1. The molecule has 2 aromatic rings. The molecular formula is C19H23N3O4S2. The number of carbonyl (C=O) groups is 1. The second-order valence-corrected chi connectivity index (χ2v) is 10.6. The molecule has 1 aliphatic heterocycles. The highest BCUT2D eigenvalue weighted by atomic mass is 32.2. The molecule has 4 rings (SSSR count). The van der Waals surface area contributed by atoms with Crippen LogP contribution in [0.25, 0.3) is 0 Å². The maximum absolute atomic E-state index is 12.4. The van der Waals surface area contributed by atoms with E-state index in [1.54, 1.807) is 0 Å². The summed E-state index contributed by atoms with van der Waals surface area (Å²) in [6.45, 7) is 0. The van der Waals surface area contributed by atoms with Crippen molar-refractivity contribution < 1.29 is 17.6 Å². The standard InChI is InChI=1S/C19H23N3O4S2/c23-17(20-16-7-3-5-14-4-1-2-6-15(14)16)11-27-19-22-21-18(26-19)10-13-8-9-28(24,25)12-13/h1-2,4,6,13,16H,3,5,7-12H2,(H,20,23)/t13-,16+/m0/s1. The van der Waals surface area contributed by atoms with Crippen LogP contribution in [0, 0.1) is 5.92 Å². The minimum atomic E-state index is -2.91. The topological polar surface area (TPSA) is 102 Å². The van der Waals surface area contributed by atoms with Gasteiger partial charge in [0.05, 0.1) is 23.3 Å². The van der Waals surface area contributed by atoms with Crippen LogP contribution in [0.15, 0.2) is 33.9 Å². The lowest BCUT2D eigenvalue weighted by Gasteiger charge is -2.26. The molecule has 0 unspecified atom stereocenters. The van der Waals surface area contributed by atoms with E-state index in [2.05, 4.69) is 27.6 Å². The van der Waals surface area contributed by atoms with E-state index in [1.165, 1.54) is 22.9 Å². The lowest BCUT2D eigenvalue weighted by atomic mass is 9.88. The van der Waals surface area contributed by atoms with Gasteiger partial charge in [-0.05, 0) is 42.7 Å². The summed E-state index contributed by atoms with van der Waals surface area (Å²) in [6.07, 6.45) is 4.18. The first-order valence-corrected chi connectivity index (χ1v) is 12.3. The molecule has 150 valence electrons. The minimum absolute atomic E-state index is 0.0398. The van der Waals surface area contributed by atoms with Crippen LogP contribution < -0.4 is 5.32 Å². The van der Waals surface area contributed by atoms with Gasteiger partial charge in [0.25, 0.3) is 5.22 Å². The lowest BCUT2D eigenvalue weighted by Crippen LogP contribution is -2.32. The van der Waals surface area contributed by atoms with Crippen molar-refractivity contribution in [3.8, 4) is 0 Å². The van der Waals surface area contributed by atoms with Crippen LogP contribution in [0.5, 0.6) is 0 Å². The summed E-state index contributed by atoms with van der Waals surface area (Å²) in [6, 6.07) is 8.30. The van der Waals surface area contributed by atoms with E-state index in [4.69, 9.17) is 4.42 Å². The van der Waals surface area contributed by atoms with Gasteiger partial charge in [0, 0.05) is 6.42 Å². The van der Waals surface area contributed by atoms with Crippen molar-refractivity contribution in [2.75, 3.05) is 17.3 Å². The molecule has 2 atom stereocenters. The van der Waals surface area contributed by atoms with E-state index < -0.39 is 9.84 Å². The number of rotatable bonds is 6. The van der Waals surface area contributed by atoms with Crippen molar-refractivity contribution in [2.24, 2.45) is 5.92 Å². The lowest BCUT2D eigenvalue weighted by molar-refractivity contribution is -0.119. The van der Waals surface area contributed by atoms with Crippen LogP contribution in [-0.2, 0) is 27.5 Å². The summed E-state index contributed by atoms with van der Waals surface area (Å²) < 4.78 is 28.7. The number of benzene rings is 1. The Bertz CT molecular complexity index is 958. The normalized spacial score (nSPS) is 23.3. The van der Waals surface area contributed by atoms with Crippen molar-refractivity contribution >= 4 is 27.5 Å². The van der Waals surface area contributed by atoms with Crippen LogP contribution in [-0.4, -0.2) is 41.8 Å². The first-order valence-electron chi connectivity index (χ1n) is 9.51. The van der Waals surface area contributed by atoms with Gasteiger partial charge in [0.2, 0.25) is 11.8 Å². The van der Waals surface area contributed by atoms with Gasteiger partial charge in [0.15, 0.2) is 9.84 Å². The molecule has 9 heteroatoms. The molecule has 28 heavy (non-hydrogen) atoms. The number of nitrogens with zero attached hydrogens (tertiary/aromatic N) is 2. The molecule has 7 nitrogen and oxygen atoms in total. The molecule has 1 saturated heterocycles. The summed E-state index contributed by atoms with van der Waals surface area (Å²) >= 11 is 1.21. The zero-order chi connectivity index (χ0) is 19.6. The van der Waals surface area contributed by atoms with Crippen LogP contribution in [0.2, 0.25) is 0 Å². The van der Waals surface area contributed by atoms with Crippen LogP contribution in [0.1, 0.15) is 42.3 Å². The molecule has 1 aliphatic carbocycles. The fourth-order valence-corrected chi connectivity index (χ4v) is 6.38. The molecule has 2 aliphatic rings. The number of amides is 1. The fourth-order valence-electron chi connectivity index (χ4n) is 3.93. The molecule has 0 radical (unpaired) electrons. The molecule has 0 saturated carbocycles. The Kier molecular flexibility index (Phi) is 5.73. The van der Waals surface area contributed by atoms with Crippen LogP contribution in [0.3, 0.4) is 0 Å². The molecule has 1 fully saturated rings. The van der Waals surface area contributed by atoms with E-state index in [0.717, 1.165) is 19.3 Å². The zero-order valence-corrected chi connectivity index (χ0v) is 17.1. The van der Waals surface area contributed by atoms with Gasteiger partial charge in [-0.15, -0.1) is 10.2 Å². The summed E-state index contributed by atoms with van der Waals surface area (Å²) in [5.41, 5.74) is 2.51. The SMILES string of the molecule is O=C(CSc1nnc(C[C@@H]2CCS(=O)(=O)C2)o1)N[C@@H]1CCCc2ccccc21. The third kappa shape index (κ3) is 4.75. The van der Waals surface area contributed by atoms with E-state index in [0.29, 0.717) is 24.0 Å². The quantitative estimate of drug-likeness (QED) is 0.714. The van der Waals surface area contributed by atoms with Gasteiger partial charge >= 0.3 is 0 Å². The number of nitrogens with one attached hydrogen (secondary N) is 1. The van der Waals surface area contributed by atoms with Gasteiger partial charge in [-0.3, -0.25) is 4.79 Å². The summed E-state index contributed by atoms with van der Waals surface area (Å²) in [5.74, 6) is 1.04. The summed E-state index contributed by atoms with van der Waals surface area (Å²) in [4.78, 5) is 12.4. The van der Waals surface area contributed by atoms with E-state index >= 15 is 0 Å². The number of hydrogen-bond acceptors (Lipinski definition) is 7. The van der Waals surface area contributed by atoms with Crippen LogP contribution >= 0.6 is 11.8 Å². The second kappa shape index (κ2) is 8.24. The highest BCUT2D eigenvalue weighted by molar-refractivity contribution is 7.99. The molecule has 0 bridgehead atoms. The predicted molar refractivity (Wildman–Crippen MR) is 106 cm³/mol. The molecule has 1 N–H and O–H groups in total. The highest BCUT2D eigenvalue weighted by Gasteiger charge is 2.29. The fraction of sp³-hybridized carbons (Fsp3) is 0.526. The molecule has 1 aromatic carbocycles. The van der Waals surface area contributed by atoms with Crippen molar-refractivity contribution in [3.63, 3.8) is 0 Å². The maximum Gasteiger partial charge on any atom is 0.277 e. The largest absolute Gasteiger partial charge is 0.416 e. The number of aryl methyl sites for hydroxylation is 1. The van der Waals surface area contributed by atoms with E-state index in [1.807, 2.05) is 12.1 Å². The Hall–Kier alpha value is -1.87. The highest BCUT2D eigenvalue weighted by Crippen LogP contribution is 2.29. The second-order valence-electron chi connectivity index (χ2n) is 7.43. The number of carbonyl (C=O) groups excluding carboxylic acids is 1. The zero-order valence-electron chi connectivity index (χ0n) is 15.5. The van der Waals surface area contributed by atoms with Crippen molar-refractivity contribution in [1.82, 2.24) is 15.5 Å². The predicted octanol–water partition coefficient (Wildman–Crippen LogP) is 2.33. The number of aromatic nitrogens is 2. The smallest absolute Gasteiger partial charge is 0.277 e. The molecule has 0 spiro atoms. The van der Waals surface area contributed by atoms with Crippen molar-refractivity contribution in [1.29, 1.82) is 0 Å². The van der Waals surface area contributed by atoms with E-state index in [9.17, 15) is 13.2 Å². The molecule has 2 heterocycles. The third-order valence-corrected chi connectivity index (χ3v) is 7.93. The number of sulfone groups is 1. The summed E-state index contributed by atoms with van der Waals surface area (Å²) in [7, 11) is -2.91. The van der Waals surface area contributed by atoms with E-state index in [-0.39, 0.29) is 35.1 Å². The molecule has 1 aromatic heterocycles. The van der Waals surface area contributed by atoms with Gasteiger partial charge in [0.1, 0.15) is 0 Å². The van der Waals surface area contributed by atoms with Crippen molar-refractivity contribution in [2.45, 2.75) is 43.4 Å². The molecule has 1 amide bonds. The Morgan fingerprint density at radius 2 is 2.11 bits per heavy atom. The monoisotopic (exact) mass is 421 g/mol. The average molecular weight is 422 g/mol. The number of hydrogen-bond donors (Lipinski definition) is 1. The number of thioether (sulfide) groups is 1. The minimum Gasteiger partial charge on any atom is -0.416 e. The van der Waals surface area contributed by atoms with Gasteiger partial charge in [-0.1, -0.05) is 36.0 Å². The van der Waals surface area contributed by atoms with Crippen molar-refractivity contribution in [3.05, 3.63) is 41.3 Å². The Morgan fingerprint density at radius 3 is 2.93 bits per heavy atom. The Morgan fingerprint density at radius 1 is 1.25 bits per heavy atom. The van der Waals surface area contributed by atoms with Gasteiger partial charge in [-0.25, -0.2) is 8.42 Å². The Balaban J connectivity index is 1.27. The average Bonchev–Trinajstić information content (AvgIpc) is 3.26. The third-order valence-electron chi connectivity index (χ3n) is 5.27. The first-order chi connectivity index (χ1) is 13.5. The summed E-state index contributed by atoms with van der Waals surface area (Å²) in [5, 5.41) is 11.4. The van der Waals surface area contributed by atoms with Gasteiger partial charge in [-0.2, -0.15) is 0 Å². The maximum atomic E-state index is 12.4. The first kappa shape index (κ1) is 19.4. The molecular weight excluding hydrogens is 398 g/mol.